The normalized spacial score (nSPS) is 15.9. The Bertz CT molecular complexity index is 1080. The molecule has 2 aromatic rings. The van der Waals surface area contributed by atoms with E-state index in [1.165, 1.54) is 28.3 Å². The van der Waals surface area contributed by atoms with Gasteiger partial charge in [-0.2, -0.15) is 13.5 Å². The summed E-state index contributed by atoms with van der Waals surface area (Å²) >= 11 is 0. The maximum Gasteiger partial charge on any atom is 0.283 e. The van der Waals surface area contributed by atoms with Crippen molar-refractivity contribution in [2.45, 2.75) is 69.4 Å². The molecule has 168 valence electrons. The van der Waals surface area contributed by atoms with E-state index in [-0.39, 0.29) is 17.0 Å². The predicted molar refractivity (Wildman–Crippen MR) is 120 cm³/mol. The standard InChI is InChI=1S/C23H32N4O3S/c1-23(2,15-26(3)4)27-12-11-22(24-27)31(29,30)25-21(28)14-20-18-9-5-7-16(18)13-17-8-6-10-19(17)20/h11-13H,5-10,14-15H2,1-4H3,(H,25,28). The number of aryl methyl sites for hydroxylation is 2. The van der Waals surface area contributed by atoms with Gasteiger partial charge in [0.25, 0.3) is 10.0 Å². The van der Waals surface area contributed by atoms with Crippen LogP contribution in [-0.2, 0) is 52.5 Å². The summed E-state index contributed by atoms with van der Waals surface area (Å²) in [5, 5.41) is 4.14. The van der Waals surface area contributed by atoms with Crippen LogP contribution in [0.4, 0.5) is 0 Å². The van der Waals surface area contributed by atoms with Gasteiger partial charge in [0, 0.05) is 12.7 Å². The molecule has 0 saturated heterocycles. The number of hydrogen-bond donors (Lipinski definition) is 1. The van der Waals surface area contributed by atoms with E-state index >= 15 is 0 Å². The molecule has 0 spiro atoms. The lowest BCUT2D eigenvalue weighted by Crippen LogP contribution is -2.38. The lowest BCUT2D eigenvalue weighted by molar-refractivity contribution is -0.118. The topological polar surface area (TPSA) is 84.3 Å². The van der Waals surface area contributed by atoms with Gasteiger partial charge in [-0.1, -0.05) is 6.07 Å². The first kappa shape index (κ1) is 22.0. The Hall–Kier alpha value is -2.19. The van der Waals surface area contributed by atoms with Crippen LogP contribution in [0.1, 0.15) is 54.5 Å². The highest BCUT2D eigenvalue weighted by molar-refractivity contribution is 7.90. The van der Waals surface area contributed by atoms with Crippen LogP contribution < -0.4 is 4.72 Å². The summed E-state index contributed by atoms with van der Waals surface area (Å²) in [7, 11) is -0.104. The Balaban J connectivity index is 1.53. The average molecular weight is 445 g/mol. The zero-order valence-electron chi connectivity index (χ0n) is 18.9. The first-order chi connectivity index (χ1) is 14.6. The molecular formula is C23H32N4O3S. The lowest BCUT2D eigenvalue weighted by Gasteiger charge is -2.28. The van der Waals surface area contributed by atoms with E-state index in [1.54, 1.807) is 10.9 Å². The summed E-state index contributed by atoms with van der Waals surface area (Å²) in [5.41, 5.74) is 5.90. The number of amides is 1. The van der Waals surface area contributed by atoms with E-state index < -0.39 is 15.9 Å². The van der Waals surface area contributed by atoms with Crippen molar-refractivity contribution in [3.05, 3.63) is 46.1 Å². The summed E-state index contributed by atoms with van der Waals surface area (Å²) in [4.78, 5) is 14.8. The third-order valence-corrected chi connectivity index (χ3v) is 7.61. The van der Waals surface area contributed by atoms with E-state index in [4.69, 9.17) is 0 Å². The van der Waals surface area contributed by atoms with Gasteiger partial charge in [-0.3, -0.25) is 9.48 Å². The van der Waals surface area contributed by atoms with Crippen molar-refractivity contribution in [2.75, 3.05) is 20.6 Å². The second-order valence-electron chi connectivity index (χ2n) is 9.69. The molecular weight excluding hydrogens is 412 g/mol. The van der Waals surface area contributed by atoms with Crippen molar-refractivity contribution in [1.29, 1.82) is 0 Å². The monoisotopic (exact) mass is 444 g/mol. The summed E-state index contributed by atoms with van der Waals surface area (Å²) in [5.74, 6) is -0.489. The second kappa shape index (κ2) is 8.06. The summed E-state index contributed by atoms with van der Waals surface area (Å²) in [6, 6.07) is 3.76. The molecule has 4 rings (SSSR count). The highest BCUT2D eigenvalue weighted by Crippen LogP contribution is 2.35. The van der Waals surface area contributed by atoms with E-state index in [0.717, 1.165) is 44.1 Å². The van der Waals surface area contributed by atoms with E-state index in [2.05, 4.69) is 15.9 Å². The minimum atomic E-state index is -4.02. The number of nitrogens with one attached hydrogen (secondary N) is 1. The molecule has 2 aliphatic carbocycles. The maximum absolute atomic E-state index is 12.8. The molecule has 0 aliphatic heterocycles. The molecule has 1 amide bonds. The molecule has 0 fully saturated rings. The summed E-state index contributed by atoms with van der Waals surface area (Å²) < 4.78 is 29.6. The van der Waals surface area contributed by atoms with Gasteiger partial charge >= 0.3 is 0 Å². The number of sulfonamides is 1. The molecule has 7 nitrogen and oxygen atoms in total. The molecule has 1 aromatic heterocycles. The third kappa shape index (κ3) is 4.41. The molecule has 0 saturated carbocycles. The number of carbonyl (C=O) groups is 1. The van der Waals surface area contributed by atoms with Crippen molar-refractivity contribution in [1.82, 2.24) is 19.4 Å². The predicted octanol–water partition coefficient (Wildman–Crippen LogP) is 2.20. The van der Waals surface area contributed by atoms with Gasteiger partial charge in [0.15, 0.2) is 5.03 Å². The molecule has 0 unspecified atom stereocenters. The molecule has 0 bridgehead atoms. The Morgan fingerprint density at radius 1 is 1.13 bits per heavy atom. The number of hydrogen-bond acceptors (Lipinski definition) is 5. The molecule has 2 aliphatic rings. The fraction of sp³-hybridized carbons (Fsp3) is 0.565. The van der Waals surface area contributed by atoms with E-state index in [9.17, 15) is 13.2 Å². The Kier molecular flexibility index (Phi) is 5.72. The van der Waals surface area contributed by atoms with Gasteiger partial charge in [0.1, 0.15) is 0 Å². The van der Waals surface area contributed by atoms with E-state index in [0.29, 0.717) is 6.54 Å². The van der Waals surface area contributed by atoms with Crippen LogP contribution in [0.3, 0.4) is 0 Å². The summed E-state index contributed by atoms with van der Waals surface area (Å²) in [6.07, 6.45) is 8.02. The quantitative estimate of drug-likeness (QED) is 0.708. The van der Waals surface area contributed by atoms with Gasteiger partial charge < -0.3 is 4.90 Å². The first-order valence-electron chi connectivity index (χ1n) is 11.0. The second-order valence-corrected chi connectivity index (χ2v) is 11.3. The maximum atomic E-state index is 12.8. The van der Waals surface area contributed by atoms with Gasteiger partial charge in [0.05, 0.1) is 12.0 Å². The van der Waals surface area contributed by atoms with E-state index in [1.807, 2.05) is 32.8 Å². The number of benzene rings is 1. The van der Waals surface area contributed by atoms with Crippen LogP contribution in [0.25, 0.3) is 0 Å². The molecule has 31 heavy (non-hydrogen) atoms. The highest BCUT2D eigenvalue weighted by Gasteiger charge is 2.29. The minimum absolute atomic E-state index is 0.109. The Morgan fingerprint density at radius 2 is 1.74 bits per heavy atom. The third-order valence-electron chi connectivity index (χ3n) is 6.35. The van der Waals surface area contributed by atoms with Crippen LogP contribution in [-0.4, -0.2) is 49.6 Å². The number of likely N-dealkylation sites (N-methyl/N-ethyl adjacent to an activating group) is 1. The zero-order chi connectivity index (χ0) is 22.4. The molecule has 1 heterocycles. The lowest BCUT2D eigenvalue weighted by atomic mass is 9.92. The number of rotatable bonds is 7. The van der Waals surface area contributed by atoms with Gasteiger partial charge in [-0.25, -0.2) is 4.72 Å². The van der Waals surface area contributed by atoms with Crippen LogP contribution >= 0.6 is 0 Å². The van der Waals surface area contributed by atoms with Gasteiger partial charge in [-0.15, -0.1) is 0 Å². The van der Waals surface area contributed by atoms with Crippen molar-refractivity contribution >= 4 is 15.9 Å². The average Bonchev–Trinajstić information content (AvgIpc) is 3.40. The van der Waals surface area contributed by atoms with Gasteiger partial charge in [0.2, 0.25) is 5.91 Å². The van der Waals surface area contributed by atoms with Crippen molar-refractivity contribution in [2.24, 2.45) is 0 Å². The van der Waals surface area contributed by atoms with Crippen molar-refractivity contribution < 1.29 is 13.2 Å². The Labute approximate surface area is 184 Å². The largest absolute Gasteiger partial charge is 0.307 e. The number of fused-ring (bicyclic) bond motifs is 2. The van der Waals surface area contributed by atoms with Crippen molar-refractivity contribution in [3.8, 4) is 0 Å². The van der Waals surface area contributed by atoms with Crippen LogP contribution in [0.2, 0.25) is 0 Å². The van der Waals surface area contributed by atoms with Crippen LogP contribution in [0.15, 0.2) is 23.4 Å². The molecule has 8 heteroatoms. The van der Waals surface area contributed by atoms with Gasteiger partial charge in [-0.05, 0) is 100 Å². The molecule has 0 atom stereocenters. The SMILES string of the molecule is CN(C)CC(C)(C)n1ccc(S(=O)(=O)NC(=O)Cc2c3c(cc4c2CCC4)CCC3)n1. The van der Waals surface area contributed by atoms with Crippen LogP contribution in [0.5, 0.6) is 0 Å². The zero-order valence-corrected chi connectivity index (χ0v) is 19.7. The molecule has 1 aromatic carbocycles. The number of carbonyl (C=O) groups excluding carboxylic acids is 1. The highest BCUT2D eigenvalue weighted by atomic mass is 32.2. The van der Waals surface area contributed by atoms with Crippen molar-refractivity contribution in [3.63, 3.8) is 0 Å². The smallest absolute Gasteiger partial charge is 0.283 e. The number of nitrogens with zero attached hydrogens (tertiary/aromatic N) is 3. The molecule has 1 N–H and O–H groups in total. The number of aromatic nitrogens is 2. The Morgan fingerprint density at radius 3 is 2.32 bits per heavy atom. The fourth-order valence-electron chi connectivity index (χ4n) is 5.18. The molecule has 0 radical (unpaired) electrons. The summed E-state index contributed by atoms with van der Waals surface area (Å²) in [6.45, 7) is 4.68. The first-order valence-corrected chi connectivity index (χ1v) is 12.5. The van der Waals surface area contributed by atoms with Crippen LogP contribution in [0, 0.1) is 0 Å². The minimum Gasteiger partial charge on any atom is -0.307 e. The fourth-order valence-corrected chi connectivity index (χ4v) is 6.09.